The number of hydrogen-bond donors (Lipinski definition) is 3. The van der Waals surface area contributed by atoms with Gasteiger partial charge in [-0.1, -0.05) is 25.0 Å². The van der Waals surface area contributed by atoms with Crippen LogP contribution in [0.3, 0.4) is 0 Å². The quantitative estimate of drug-likeness (QED) is 0.740. The van der Waals surface area contributed by atoms with Crippen molar-refractivity contribution in [2.75, 3.05) is 6.54 Å². The van der Waals surface area contributed by atoms with Crippen LogP contribution in [-0.2, 0) is 11.2 Å². The minimum Gasteiger partial charge on any atom is -0.393 e. The monoisotopic (exact) mass is 279 g/mol. The van der Waals surface area contributed by atoms with Gasteiger partial charge in [-0.05, 0) is 30.5 Å². The molecule has 1 aliphatic carbocycles. The average Bonchev–Trinajstić information content (AvgIpc) is 2.40. The van der Waals surface area contributed by atoms with Gasteiger partial charge >= 0.3 is 0 Å². The molecular weight excluding hydrogens is 258 g/mol. The van der Waals surface area contributed by atoms with E-state index in [1.165, 1.54) is 0 Å². The van der Waals surface area contributed by atoms with E-state index < -0.39 is 0 Å². The molecule has 19 heavy (non-hydrogen) atoms. The second-order valence-corrected chi connectivity index (χ2v) is 5.78. The summed E-state index contributed by atoms with van der Waals surface area (Å²) in [5.41, 5.74) is 0.986. The summed E-state index contributed by atoms with van der Waals surface area (Å²) in [6.07, 6.45) is 4.26. The van der Waals surface area contributed by atoms with E-state index in [4.69, 9.17) is 0 Å². The molecule has 2 rings (SSSR count). The molecule has 1 aliphatic rings. The lowest BCUT2D eigenvalue weighted by Gasteiger charge is -2.27. The first-order valence-corrected chi connectivity index (χ1v) is 7.32. The fraction of sp³-hybridized carbons (Fsp3) is 0.533. The van der Waals surface area contributed by atoms with Crippen LogP contribution in [0.4, 0.5) is 0 Å². The van der Waals surface area contributed by atoms with Crippen molar-refractivity contribution < 1.29 is 9.90 Å². The van der Waals surface area contributed by atoms with Gasteiger partial charge in [-0.25, -0.2) is 0 Å². The summed E-state index contributed by atoms with van der Waals surface area (Å²) in [6.45, 7) is 0.588. The van der Waals surface area contributed by atoms with Crippen LogP contribution in [0.15, 0.2) is 29.2 Å². The highest BCUT2D eigenvalue weighted by atomic mass is 32.1. The Bertz CT molecular complexity index is 419. The van der Waals surface area contributed by atoms with E-state index >= 15 is 0 Å². The number of carbonyl (C=O) groups excluding carboxylic acids is 1. The van der Waals surface area contributed by atoms with E-state index in [-0.39, 0.29) is 17.9 Å². The highest BCUT2D eigenvalue weighted by Crippen LogP contribution is 2.23. The van der Waals surface area contributed by atoms with Crippen molar-refractivity contribution in [1.82, 2.24) is 5.32 Å². The number of aliphatic hydroxyl groups excluding tert-OH is 1. The molecule has 0 aromatic heterocycles. The second-order valence-electron chi connectivity index (χ2n) is 5.26. The smallest absolute Gasteiger partial charge is 0.224 e. The number of hydrogen-bond acceptors (Lipinski definition) is 3. The third-order valence-corrected chi connectivity index (χ3v) is 4.03. The van der Waals surface area contributed by atoms with Crippen LogP contribution >= 0.6 is 12.6 Å². The molecule has 1 aromatic rings. The minimum atomic E-state index is -0.252. The first-order valence-electron chi connectivity index (χ1n) is 6.88. The van der Waals surface area contributed by atoms with E-state index in [9.17, 15) is 9.90 Å². The Hall–Kier alpha value is -1.00. The third kappa shape index (κ3) is 4.55. The Labute approximate surface area is 119 Å². The fourth-order valence-corrected chi connectivity index (χ4v) is 2.68. The Morgan fingerprint density at radius 3 is 2.63 bits per heavy atom. The lowest BCUT2D eigenvalue weighted by molar-refractivity contribution is -0.120. The van der Waals surface area contributed by atoms with Crippen LogP contribution in [0.2, 0.25) is 0 Å². The molecule has 1 aromatic carbocycles. The van der Waals surface area contributed by atoms with Gasteiger partial charge in [0.2, 0.25) is 5.91 Å². The number of nitrogens with one attached hydrogen (secondary N) is 1. The minimum absolute atomic E-state index is 0.0182. The lowest BCUT2D eigenvalue weighted by Crippen LogP contribution is -2.37. The van der Waals surface area contributed by atoms with Crippen LogP contribution in [0.25, 0.3) is 0 Å². The molecular formula is C15H21NO2S. The lowest BCUT2D eigenvalue weighted by atomic mass is 9.86. The van der Waals surface area contributed by atoms with Crippen molar-refractivity contribution in [1.29, 1.82) is 0 Å². The number of thiol groups is 1. The van der Waals surface area contributed by atoms with Crippen LogP contribution in [0.5, 0.6) is 0 Å². The largest absolute Gasteiger partial charge is 0.393 e. The van der Waals surface area contributed by atoms with Gasteiger partial charge in [-0.15, -0.1) is 12.6 Å². The molecule has 0 aliphatic heterocycles. The Kier molecular flexibility index (Phi) is 5.28. The Morgan fingerprint density at radius 1 is 1.26 bits per heavy atom. The van der Waals surface area contributed by atoms with Gasteiger partial charge in [0.1, 0.15) is 0 Å². The molecule has 1 fully saturated rings. The summed E-state index contributed by atoms with van der Waals surface area (Å²) in [6, 6.07) is 7.60. The molecule has 0 spiro atoms. The maximum atomic E-state index is 11.8. The average molecular weight is 279 g/mol. The van der Waals surface area contributed by atoms with Gasteiger partial charge < -0.3 is 10.4 Å². The molecule has 2 unspecified atom stereocenters. The summed E-state index contributed by atoms with van der Waals surface area (Å²) in [5.74, 6) is 0.238. The second kappa shape index (κ2) is 6.96. The van der Waals surface area contributed by atoms with Crippen molar-refractivity contribution in [2.24, 2.45) is 5.92 Å². The van der Waals surface area contributed by atoms with E-state index in [0.29, 0.717) is 13.0 Å². The van der Waals surface area contributed by atoms with Crippen LogP contribution in [0, 0.1) is 5.92 Å². The van der Waals surface area contributed by atoms with Crippen LogP contribution in [-0.4, -0.2) is 23.7 Å². The molecule has 1 saturated carbocycles. The van der Waals surface area contributed by atoms with Gasteiger partial charge in [0.25, 0.3) is 0 Å². The first kappa shape index (κ1) is 14.4. The van der Waals surface area contributed by atoms with E-state index in [1.807, 2.05) is 24.3 Å². The summed E-state index contributed by atoms with van der Waals surface area (Å²) in [7, 11) is 0. The first-order chi connectivity index (χ1) is 9.15. The van der Waals surface area contributed by atoms with Gasteiger partial charge in [-0.2, -0.15) is 0 Å². The third-order valence-electron chi connectivity index (χ3n) is 3.73. The number of benzene rings is 1. The topological polar surface area (TPSA) is 49.3 Å². The standard InChI is InChI=1S/C15H21NO2S/c17-14-4-2-1-3-12(14)10-16-15(18)9-11-5-7-13(19)8-6-11/h5-8,12,14,17,19H,1-4,9-10H2,(H,16,18). The predicted molar refractivity (Wildman–Crippen MR) is 78.4 cm³/mol. The van der Waals surface area contributed by atoms with Crippen molar-refractivity contribution in [3.8, 4) is 0 Å². The van der Waals surface area contributed by atoms with Crippen LogP contribution in [0.1, 0.15) is 31.2 Å². The van der Waals surface area contributed by atoms with Crippen molar-refractivity contribution in [2.45, 2.75) is 43.1 Å². The van der Waals surface area contributed by atoms with Crippen LogP contribution < -0.4 is 5.32 Å². The summed E-state index contributed by atoms with van der Waals surface area (Å²) >= 11 is 4.21. The van der Waals surface area contributed by atoms with Crippen molar-refractivity contribution in [3.63, 3.8) is 0 Å². The van der Waals surface area contributed by atoms with E-state index in [0.717, 1.165) is 36.1 Å². The zero-order valence-electron chi connectivity index (χ0n) is 11.0. The highest BCUT2D eigenvalue weighted by Gasteiger charge is 2.23. The maximum absolute atomic E-state index is 11.8. The molecule has 1 amide bonds. The number of amides is 1. The normalized spacial score (nSPS) is 23.1. The van der Waals surface area contributed by atoms with Crippen molar-refractivity contribution in [3.05, 3.63) is 29.8 Å². The number of aliphatic hydroxyl groups is 1. The molecule has 0 bridgehead atoms. The Balaban J connectivity index is 1.76. The zero-order valence-corrected chi connectivity index (χ0v) is 11.9. The summed E-state index contributed by atoms with van der Waals surface area (Å²) < 4.78 is 0. The van der Waals surface area contributed by atoms with Gasteiger partial charge in [0.15, 0.2) is 0 Å². The van der Waals surface area contributed by atoms with E-state index in [1.54, 1.807) is 0 Å². The van der Waals surface area contributed by atoms with Gasteiger partial charge in [-0.3, -0.25) is 4.79 Å². The molecule has 104 valence electrons. The predicted octanol–water partition coefficient (Wildman–Crippen LogP) is 2.19. The fourth-order valence-electron chi connectivity index (χ4n) is 2.53. The summed E-state index contributed by atoms with van der Waals surface area (Å²) in [5, 5.41) is 12.8. The summed E-state index contributed by atoms with van der Waals surface area (Å²) in [4.78, 5) is 12.7. The molecule has 4 heteroatoms. The Morgan fingerprint density at radius 2 is 1.95 bits per heavy atom. The SMILES string of the molecule is O=C(Cc1ccc(S)cc1)NCC1CCCCC1O. The van der Waals surface area contributed by atoms with E-state index in [2.05, 4.69) is 17.9 Å². The number of carbonyl (C=O) groups is 1. The number of rotatable bonds is 4. The molecule has 2 N–H and O–H groups in total. The molecule has 0 radical (unpaired) electrons. The molecule has 0 heterocycles. The molecule has 0 saturated heterocycles. The van der Waals surface area contributed by atoms with Gasteiger partial charge in [0.05, 0.1) is 12.5 Å². The van der Waals surface area contributed by atoms with Crippen molar-refractivity contribution >= 4 is 18.5 Å². The van der Waals surface area contributed by atoms with Gasteiger partial charge in [0, 0.05) is 17.4 Å². The zero-order chi connectivity index (χ0) is 13.7. The maximum Gasteiger partial charge on any atom is 0.224 e. The highest BCUT2D eigenvalue weighted by molar-refractivity contribution is 7.80. The molecule has 2 atom stereocenters. The molecule has 3 nitrogen and oxygen atoms in total.